The first kappa shape index (κ1) is 16.5. The van der Waals surface area contributed by atoms with Crippen LogP contribution >= 0.6 is 11.8 Å². The highest BCUT2D eigenvalue weighted by molar-refractivity contribution is 7.98. The molecule has 1 rings (SSSR count). The Balaban J connectivity index is 2.83. The Morgan fingerprint density at radius 3 is 2.63 bits per heavy atom. The third kappa shape index (κ3) is 4.80. The molecule has 0 radical (unpaired) electrons. The average Bonchev–Trinajstić information content (AvgIpc) is 2.42. The molecule has 0 aliphatic carbocycles. The number of sulfonamides is 1. The van der Waals surface area contributed by atoms with Gasteiger partial charge in [-0.2, -0.15) is 11.8 Å². The number of hydrogen-bond acceptors (Lipinski definition) is 4. The molecule has 0 aliphatic heterocycles. The van der Waals surface area contributed by atoms with Crippen LogP contribution in [0, 0.1) is 0 Å². The second kappa shape index (κ2) is 7.89. The molecule has 6 heteroatoms. The minimum atomic E-state index is -3.47. The largest absolute Gasteiger partial charge is 0.392 e. The van der Waals surface area contributed by atoms with Crippen LogP contribution in [0.15, 0.2) is 23.1 Å². The van der Waals surface area contributed by atoms with Gasteiger partial charge in [-0.15, -0.1) is 0 Å². The fraction of sp³-hybridized carbons (Fsp3) is 0.538. The minimum absolute atomic E-state index is 0.140. The molecule has 0 bridgehead atoms. The number of thioether (sulfide) groups is 1. The van der Waals surface area contributed by atoms with Crippen LogP contribution < -0.4 is 4.72 Å². The van der Waals surface area contributed by atoms with E-state index in [0.29, 0.717) is 12.1 Å². The summed E-state index contributed by atoms with van der Waals surface area (Å²) in [4.78, 5) is 0.220. The molecule has 1 aromatic carbocycles. The van der Waals surface area contributed by atoms with Gasteiger partial charge in [0.2, 0.25) is 10.0 Å². The van der Waals surface area contributed by atoms with Crippen molar-refractivity contribution >= 4 is 21.8 Å². The molecule has 0 aliphatic rings. The number of benzene rings is 1. The second-order valence-electron chi connectivity index (χ2n) is 4.19. The third-order valence-corrected chi connectivity index (χ3v) is 5.01. The summed E-state index contributed by atoms with van der Waals surface area (Å²) in [5.74, 6) is 0.930. The van der Waals surface area contributed by atoms with Crippen molar-refractivity contribution in [3.8, 4) is 0 Å². The molecule has 0 fully saturated rings. The van der Waals surface area contributed by atoms with E-state index in [4.69, 9.17) is 0 Å². The summed E-state index contributed by atoms with van der Waals surface area (Å²) in [5, 5.41) is 9.27. The van der Waals surface area contributed by atoms with Crippen molar-refractivity contribution < 1.29 is 13.5 Å². The molecular weight excluding hydrogens is 282 g/mol. The Hall–Kier alpha value is -0.560. The van der Waals surface area contributed by atoms with E-state index in [-0.39, 0.29) is 11.5 Å². The summed E-state index contributed by atoms with van der Waals surface area (Å²) in [5.41, 5.74) is 1.65. The van der Waals surface area contributed by atoms with Crippen molar-refractivity contribution in [2.24, 2.45) is 0 Å². The molecule has 2 N–H and O–H groups in total. The monoisotopic (exact) mass is 303 g/mol. The number of rotatable bonds is 8. The molecule has 1 aromatic rings. The second-order valence-corrected chi connectivity index (χ2v) is 6.94. The first-order valence-electron chi connectivity index (χ1n) is 6.26. The third-order valence-electron chi connectivity index (χ3n) is 2.86. The average molecular weight is 303 g/mol. The van der Waals surface area contributed by atoms with Gasteiger partial charge in [-0.25, -0.2) is 13.1 Å². The van der Waals surface area contributed by atoms with E-state index in [9.17, 15) is 13.5 Å². The van der Waals surface area contributed by atoms with Gasteiger partial charge in [0.15, 0.2) is 0 Å². The number of aliphatic hydroxyl groups is 1. The minimum Gasteiger partial charge on any atom is -0.392 e. The number of aliphatic hydroxyl groups excluding tert-OH is 1. The Morgan fingerprint density at radius 1 is 1.32 bits per heavy atom. The van der Waals surface area contributed by atoms with Crippen LogP contribution in [-0.4, -0.2) is 32.1 Å². The SMILES string of the molecule is CCc1ccc(S(=O)(=O)NCCCSC)cc1CO. The van der Waals surface area contributed by atoms with Crippen LogP contribution in [0.4, 0.5) is 0 Å². The molecule has 0 amide bonds. The summed E-state index contributed by atoms with van der Waals surface area (Å²) >= 11 is 1.69. The quantitative estimate of drug-likeness (QED) is 0.718. The number of hydrogen-bond donors (Lipinski definition) is 2. The number of aryl methyl sites for hydroxylation is 1. The molecule has 4 nitrogen and oxygen atoms in total. The molecule has 108 valence electrons. The van der Waals surface area contributed by atoms with Gasteiger partial charge in [-0.3, -0.25) is 0 Å². The molecule has 0 unspecified atom stereocenters. The molecule has 0 saturated heterocycles. The highest BCUT2D eigenvalue weighted by atomic mass is 32.2. The van der Waals surface area contributed by atoms with Crippen molar-refractivity contribution in [2.45, 2.75) is 31.3 Å². The molecule has 0 aromatic heterocycles. The van der Waals surface area contributed by atoms with Crippen molar-refractivity contribution in [3.63, 3.8) is 0 Å². The maximum Gasteiger partial charge on any atom is 0.240 e. The zero-order valence-corrected chi connectivity index (χ0v) is 13.0. The van der Waals surface area contributed by atoms with E-state index >= 15 is 0 Å². The van der Waals surface area contributed by atoms with Gasteiger partial charge >= 0.3 is 0 Å². The van der Waals surface area contributed by atoms with Gasteiger partial charge in [0.1, 0.15) is 0 Å². The summed E-state index contributed by atoms with van der Waals surface area (Å²) < 4.78 is 26.7. The predicted octanol–water partition coefficient (Wildman–Crippen LogP) is 1.77. The van der Waals surface area contributed by atoms with E-state index in [2.05, 4.69) is 4.72 Å². The van der Waals surface area contributed by atoms with E-state index in [0.717, 1.165) is 24.2 Å². The van der Waals surface area contributed by atoms with Crippen LogP contribution in [0.2, 0.25) is 0 Å². The van der Waals surface area contributed by atoms with Gasteiger partial charge in [0.05, 0.1) is 11.5 Å². The van der Waals surface area contributed by atoms with Gasteiger partial charge in [-0.1, -0.05) is 13.0 Å². The first-order valence-corrected chi connectivity index (χ1v) is 9.14. The summed E-state index contributed by atoms with van der Waals surface area (Å²) in [7, 11) is -3.47. The highest BCUT2D eigenvalue weighted by Crippen LogP contribution is 2.17. The van der Waals surface area contributed by atoms with Crippen molar-refractivity contribution in [1.82, 2.24) is 4.72 Å². The Kier molecular flexibility index (Phi) is 6.85. The van der Waals surface area contributed by atoms with E-state index < -0.39 is 10.0 Å². The maximum atomic E-state index is 12.1. The maximum absolute atomic E-state index is 12.1. The Bertz CT molecular complexity index is 501. The molecule has 0 atom stereocenters. The first-order chi connectivity index (χ1) is 9.05. The highest BCUT2D eigenvalue weighted by Gasteiger charge is 2.14. The van der Waals surface area contributed by atoms with Crippen LogP contribution in [0.5, 0.6) is 0 Å². The lowest BCUT2D eigenvalue weighted by atomic mass is 10.1. The zero-order valence-electron chi connectivity index (χ0n) is 11.3. The molecular formula is C13H21NO3S2. The molecule has 0 spiro atoms. The van der Waals surface area contributed by atoms with Crippen molar-refractivity contribution in [2.75, 3.05) is 18.6 Å². The van der Waals surface area contributed by atoms with Crippen molar-refractivity contribution in [1.29, 1.82) is 0 Å². The lowest BCUT2D eigenvalue weighted by Gasteiger charge is -2.10. The Labute approximate surface area is 119 Å². The zero-order chi connectivity index (χ0) is 14.3. The van der Waals surface area contributed by atoms with Gasteiger partial charge in [0.25, 0.3) is 0 Å². The molecule has 0 heterocycles. The molecule has 19 heavy (non-hydrogen) atoms. The summed E-state index contributed by atoms with van der Waals surface area (Å²) in [6.07, 6.45) is 3.57. The number of nitrogens with one attached hydrogen (secondary N) is 1. The predicted molar refractivity (Wildman–Crippen MR) is 79.9 cm³/mol. The van der Waals surface area contributed by atoms with Crippen LogP contribution in [-0.2, 0) is 23.1 Å². The van der Waals surface area contributed by atoms with Crippen LogP contribution in [0.3, 0.4) is 0 Å². The topological polar surface area (TPSA) is 66.4 Å². The standard InChI is InChI=1S/C13H21NO3S2/c1-3-11-5-6-13(9-12(11)10-15)19(16,17)14-7-4-8-18-2/h5-6,9,14-15H,3-4,7-8,10H2,1-2H3. The normalized spacial score (nSPS) is 11.7. The summed E-state index contributed by atoms with van der Waals surface area (Å²) in [6, 6.07) is 4.91. The van der Waals surface area contributed by atoms with Crippen LogP contribution in [0.25, 0.3) is 0 Å². The van der Waals surface area contributed by atoms with E-state index in [1.807, 2.05) is 13.2 Å². The lowest BCUT2D eigenvalue weighted by molar-refractivity contribution is 0.280. The fourth-order valence-corrected chi connectivity index (χ4v) is 3.33. The smallest absolute Gasteiger partial charge is 0.240 e. The van der Waals surface area contributed by atoms with Crippen molar-refractivity contribution in [3.05, 3.63) is 29.3 Å². The molecule has 0 saturated carbocycles. The van der Waals surface area contributed by atoms with Gasteiger partial charge in [-0.05, 0) is 48.1 Å². The summed E-state index contributed by atoms with van der Waals surface area (Å²) in [6.45, 7) is 2.27. The fourth-order valence-electron chi connectivity index (χ4n) is 1.77. The lowest BCUT2D eigenvalue weighted by Crippen LogP contribution is -2.25. The van der Waals surface area contributed by atoms with E-state index in [1.54, 1.807) is 30.0 Å². The van der Waals surface area contributed by atoms with Gasteiger partial charge < -0.3 is 5.11 Å². The van der Waals surface area contributed by atoms with Crippen LogP contribution in [0.1, 0.15) is 24.5 Å². The van der Waals surface area contributed by atoms with E-state index in [1.165, 1.54) is 0 Å². The Morgan fingerprint density at radius 2 is 2.05 bits per heavy atom. The van der Waals surface area contributed by atoms with Gasteiger partial charge in [0, 0.05) is 6.54 Å².